The van der Waals surface area contributed by atoms with Gasteiger partial charge in [-0.3, -0.25) is 4.79 Å². The Morgan fingerprint density at radius 3 is 2.68 bits per heavy atom. The average molecular weight is 342 g/mol. The molecule has 1 fully saturated rings. The molecule has 0 unspecified atom stereocenters. The van der Waals surface area contributed by atoms with E-state index in [4.69, 9.17) is 4.74 Å². The van der Waals surface area contributed by atoms with Crippen molar-refractivity contribution in [1.29, 1.82) is 0 Å². The smallest absolute Gasteiger partial charge is 0.407 e. The number of hydrogen-bond acceptors (Lipinski definition) is 4. The van der Waals surface area contributed by atoms with Gasteiger partial charge in [-0.15, -0.1) is 0 Å². The van der Waals surface area contributed by atoms with Crippen molar-refractivity contribution in [2.45, 2.75) is 38.3 Å². The first kappa shape index (κ1) is 17.0. The zero-order valence-corrected chi connectivity index (χ0v) is 14.0. The number of nitrogens with one attached hydrogen (secondary N) is 2. The molecule has 0 radical (unpaired) electrons. The van der Waals surface area contributed by atoms with Gasteiger partial charge in [0.25, 0.3) is 0 Å². The Labute approximate surface area is 146 Å². The van der Waals surface area contributed by atoms with Gasteiger partial charge in [0.1, 0.15) is 19.0 Å². The number of benzene rings is 1. The summed E-state index contributed by atoms with van der Waals surface area (Å²) in [5.74, 6) is 0.354. The second-order valence-electron chi connectivity index (χ2n) is 6.06. The highest BCUT2D eigenvalue weighted by atomic mass is 16.5. The summed E-state index contributed by atoms with van der Waals surface area (Å²) in [5, 5.41) is 9.54. The highest BCUT2D eigenvalue weighted by molar-refractivity contribution is 5.93. The number of hydrogen-bond donors (Lipinski definition) is 2. The SMILES string of the molecule is O=C(CNC(=O)OCc1ccccc1)Nc1ccnn1C1CCCC1. The van der Waals surface area contributed by atoms with Gasteiger partial charge in [0.2, 0.25) is 5.91 Å². The molecule has 0 bridgehead atoms. The predicted octanol–water partition coefficient (Wildman–Crippen LogP) is 2.86. The van der Waals surface area contributed by atoms with Crippen LogP contribution in [0.25, 0.3) is 0 Å². The molecule has 1 saturated carbocycles. The summed E-state index contributed by atoms with van der Waals surface area (Å²) in [7, 11) is 0. The van der Waals surface area contributed by atoms with Crippen molar-refractivity contribution in [1.82, 2.24) is 15.1 Å². The van der Waals surface area contributed by atoms with Gasteiger partial charge < -0.3 is 15.4 Å². The molecule has 1 aromatic carbocycles. The van der Waals surface area contributed by atoms with Crippen molar-refractivity contribution in [3.63, 3.8) is 0 Å². The topological polar surface area (TPSA) is 85.2 Å². The molecule has 0 atom stereocenters. The molecule has 2 N–H and O–H groups in total. The van der Waals surface area contributed by atoms with E-state index in [1.54, 1.807) is 12.3 Å². The summed E-state index contributed by atoms with van der Waals surface area (Å²) in [4.78, 5) is 23.7. The van der Waals surface area contributed by atoms with Crippen LogP contribution in [0.1, 0.15) is 37.3 Å². The normalized spacial score (nSPS) is 14.2. The van der Waals surface area contributed by atoms with E-state index in [0.717, 1.165) is 18.4 Å². The minimum atomic E-state index is -0.622. The maximum atomic E-state index is 12.0. The molecule has 0 spiro atoms. The van der Waals surface area contributed by atoms with Crippen LogP contribution in [-0.4, -0.2) is 28.3 Å². The Balaban J connectivity index is 1.42. The van der Waals surface area contributed by atoms with Crippen molar-refractivity contribution >= 4 is 17.8 Å². The van der Waals surface area contributed by atoms with Crippen LogP contribution >= 0.6 is 0 Å². The lowest BCUT2D eigenvalue weighted by molar-refractivity contribution is -0.115. The Morgan fingerprint density at radius 2 is 1.92 bits per heavy atom. The Morgan fingerprint density at radius 1 is 1.16 bits per heavy atom. The second-order valence-corrected chi connectivity index (χ2v) is 6.06. The number of carbonyl (C=O) groups is 2. The van der Waals surface area contributed by atoms with E-state index in [2.05, 4.69) is 15.7 Å². The number of ether oxygens (including phenoxy) is 1. The van der Waals surface area contributed by atoms with E-state index in [1.165, 1.54) is 12.8 Å². The van der Waals surface area contributed by atoms with Gasteiger partial charge in [-0.2, -0.15) is 5.10 Å². The van der Waals surface area contributed by atoms with Crippen LogP contribution in [0.4, 0.5) is 10.6 Å². The van der Waals surface area contributed by atoms with E-state index < -0.39 is 6.09 Å². The van der Waals surface area contributed by atoms with Crippen LogP contribution < -0.4 is 10.6 Å². The van der Waals surface area contributed by atoms with Gasteiger partial charge in [0.15, 0.2) is 0 Å². The first-order chi connectivity index (χ1) is 12.2. The number of amides is 2. The summed E-state index contributed by atoms with van der Waals surface area (Å²) < 4.78 is 6.93. The Bertz CT molecular complexity index is 708. The third-order valence-corrected chi connectivity index (χ3v) is 4.21. The lowest BCUT2D eigenvalue weighted by atomic mass is 10.2. The minimum absolute atomic E-state index is 0.149. The van der Waals surface area contributed by atoms with Gasteiger partial charge in [-0.1, -0.05) is 43.2 Å². The molecular formula is C18H22N4O3. The molecule has 2 amide bonds. The van der Waals surface area contributed by atoms with Gasteiger partial charge >= 0.3 is 6.09 Å². The summed E-state index contributed by atoms with van der Waals surface area (Å²) in [6.07, 6.45) is 5.58. The molecule has 1 heterocycles. The number of anilines is 1. The zero-order chi connectivity index (χ0) is 17.5. The summed E-state index contributed by atoms with van der Waals surface area (Å²) >= 11 is 0. The molecule has 1 aliphatic carbocycles. The van der Waals surface area contributed by atoms with E-state index in [9.17, 15) is 9.59 Å². The molecule has 7 heteroatoms. The maximum absolute atomic E-state index is 12.0. The minimum Gasteiger partial charge on any atom is -0.445 e. The number of alkyl carbamates (subject to hydrolysis) is 1. The fourth-order valence-electron chi connectivity index (χ4n) is 2.97. The largest absolute Gasteiger partial charge is 0.445 e. The lowest BCUT2D eigenvalue weighted by Gasteiger charge is -2.14. The predicted molar refractivity (Wildman–Crippen MR) is 93.0 cm³/mol. The molecular weight excluding hydrogens is 320 g/mol. The monoisotopic (exact) mass is 342 g/mol. The van der Waals surface area contributed by atoms with Crippen molar-refractivity contribution in [3.8, 4) is 0 Å². The first-order valence-corrected chi connectivity index (χ1v) is 8.50. The summed E-state index contributed by atoms with van der Waals surface area (Å²) in [6, 6.07) is 11.5. The molecule has 25 heavy (non-hydrogen) atoms. The van der Waals surface area contributed by atoms with Crippen molar-refractivity contribution in [3.05, 3.63) is 48.2 Å². The average Bonchev–Trinajstić information content (AvgIpc) is 3.30. The highest BCUT2D eigenvalue weighted by Gasteiger charge is 2.20. The number of nitrogens with zero attached hydrogens (tertiary/aromatic N) is 2. The Kier molecular flexibility index (Phi) is 5.66. The van der Waals surface area contributed by atoms with Gasteiger partial charge in [-0.25, -0.2) is 9.48 Å². The number of rotatable bonds is 6. The molecule has 2 aromatic rings. The first-order valence-electron chi connectivity index (χ1n) is 8.50. The molecule has 7 nitrogen and oxygen atoms in total. The molecule has 0 aliphatic heterocycles. The van der Waals surface area contributed by atoms with Gasteiger partial charge in [0.05, 0.1) is 12.2 Å². The highest BCUT2D eigenvalue weighted by Crippen LogP contribution is 2.31. The number of carbonyl (C=O) groups excluding carboxylic acids is 2. The lowest BCUT2D eigenvalue weighted by Crippen LogP contribution is -2.33. The van der Waals surface area contributed by atoms with Crippen LogP contribution in [0, 0.1) is 0 Å². The van der Waals surface area contributed by atoms with Crippen LogP contribution in [0.15, 0.2) is 42.6 Å². The molecule has 0 saturated heterocycles. The van der Waals surface area contributed by atoms with Crippen LogP contribution in [0.2, 0.25) is 0 Å². The van der Waals surface area contributed by atoms with Crippen LogP contribution in [0.5, 0.6) is 0 Å². The molecule has 132 valence electrons. The molecule has 1 aliphatic rings. The van der Waals surface area contributed by atoms with E-state index in [1.807, 2.05) is 35.0 Å². The van der Waals surface area contributed by atoms with Crippen LogP contribution in [-0.2, 0) is 16.1 Å². The molecule has 3 rings (SSSR count). The fourth-order valence-corrected chi connectivity index (χ4v) is 2.97. The zero-order valence-electron chi connectivity index (χ0n) is 14.0. The number of aromatic nitrogens is 2. The summed E-state index contributed by atoms with van der Waals surface area (Å²) in [5.41, 5.74) is 0.891. The third kappa shape index (κ3) is 4.82. The molecule has 1 aromatic heterocycles. The standard InChI is InChI=1S/C18H22N4O3/c23-17(12-19-18(24)25-13-14-6-2-1-3-7-14)21-16-10-11-20-22(16)15-8-4-5-9-15/h1-3,6-7,10-11,15H,4-5,8-9,12-13H2,(H,19,24)(H,21,23). The quantitative estimate of drug-likeness (QED) is 0.845. The fraction of sp³-hybridized carbons (Fsp3) is 0.389. The van der Waals surface area contributed by atoms with Crippen molar-refractivity contribution in [2.24, 2.45) is 0 Å². The van der Waals surface area contributed by atoms with Gasteiger partial charge in [0, 0.05) is 6.07 Å². The van der Waals surface area contributed by atoms with Gasteiger partial charge in [-0.05, 0) is 18.4 Å². The third-order valence-electron chi connectivity index (χ3n) is 4.21. The maximum Gasteiger partial charge on any atom is 0.407 e. The van der Waals surface area contributed by atoms with E-state index in [-0.39, 0.29) is 19.1 Å². The second kappa shape index (κ2) is 8.32. The van der Waals surface area contributed by atoms with Crippen LogP contribution in [0.3, 0.4) is 0 Å². The van der Waals surface area contributed by atoms with Crippen molar-refractivity contribution in [2.75, 3.05) is 11.9 Å². The Hall–Kier alpha value is -2.83. The van der Waals surface area contributed by atoms with E-state index in [0.29, 0.717) is 11.9 Å². The van der Waals surface area contributed by atoms with E-state index >= 15 is 0 Å². The summed E-state index contributed by atoms with van der Waals surface area (Å²) in [6.45, 7) is 0.0201. The van der Waals surface area contributed by atoms with Crippen molar-refractivity contribution < 1.29 is 14.3 Å².